The minimum absolute atomic E-state index is 0.112. The minimum atomic E-state index is -1.04. The van der Waals surface area contributed by atoms with E-state index in [9.17, 15) is 18.7 Å². The average Bonchev–Trinajstić information content (AvgIpc) is 2.92. The van der Waals surface area contributed by atoms with Gasteiger partial charge in [0.25, 0.3) is 0 Å². The van der Waals surface area contributed by atoms with E-state index in [-0.39, 0.29) is 16.5 Å². The number of benzene rings is 2. The van der Waals surface area contributed by atoms with Gasteiger partial charge in [0.05, 0.1) is 0 Å². The lowest BCUT2D eigenvalue weighted by Gasteiger charge is -2.30. The third kappa shape index (κ3) is 4.36. The van der Waals surface area contributed by atoms with Crippen molar-refractivity contribution in [3.05, 3.63) is 70.2 Å². The number of halogens is 3. The second-order valence-electron chi connectivity index (χ2n) is 8.63. The summed E-state index contributed by atoms with van der Waals surface area (Å²) in [5, 5.41) is 13.3. The zero-order chi connectivity index (χ0) is 20.6. The van der Waals surface area contributed by atoms with Gasteiger partial charge in [0.2, 0.25) is 0 Å². The van der Waals surface area contributed by atoms with Gasteiger partial charge >= 0.3 is 5.97 Å². The number of hydrogen-bond donors (Lipinski definition) is 2. The Bertz CT molecular complexity index is 881. The minimum Gasteiger partial charge on any atom is -0.480 e. The summed E-state index contributed by atoms with van der Waals surface area (Å²) in [6.45, 7) is 6.15. The maximum atomic E-state index is 14.9. The lowest BCUT2D eigenvalue weighted by Crippen LogP contribution is -2.39. The number of carbonyl (C=O) groups is 1. The van der Waals surface area contributed by atoms with Crippen LogP contribution in [-0.2, 0) is 4.79 Å². The normalized spacial score (nSPS) is 25.1. The topological polar surface area (TPSA) is 49.3 Å². The van der Waals surface area contributed by atoms with Crippen LogP contribution in [-0.4, -0.2) is 23.2 Å². The van der Waals surface area contributed by atoms with Gasteiger partial charge in [-0.25, -0.2) is 8.78 Å². The molecule has 1 aliphatic heterocycles. The number of carboxylic acids is 1. The standard InChI is InChI=1S/C22H24ClF2NO2/c1-22(2,3)11-17-19(15-8-7-13(23)10-16(15)25)18(20(26-17)21(27)28)12-5-4-6-14(24)9-12/h4-10,17-20,26H,11H2,1-3H3,(H,27,28). The summed E-state index contributed by atoms with van der Waals surface area (Å²) in [6.07, 6.45) is 0.634. The molecule has 1 saturated heterocycles. The second kappa shape index (κ2) is 7.80. The van der Waals surface area contributed by atoms with Crippen molar-refractivity contribution in [3.63, 3.8) is 0 Å². The monoisotopic (exact) mass is 407 g/mol. The Morgan fingerprint density at radius 2 is 1.86 bits per heavy atom. The van der Waals surface area contributed by atoms with Crippen molar-refractivity contribution in [3.8, 4) is 0 Å². The Hall–Kier alpha value is -1.98. The highest BCUT2D eigenvalue weighted by Gasteiger charge is 2.49. The molecule has 0 aromatic heterocycles. The molecular weight excluding hydrogens is 384 g/mol. The molecule has 1 fully saturated rings. The molecule has 6 heteroatoms. The Kier molecular flexibility index (Phi) is 5.78. The van der Waals surface area contributed by atoms with Gasteiger partial charge in [-0.1, -0.05) is 50.6 Å². The smallest absolute Gasteiger partial charge is 0.321 e. The molecule has 150 valence electrons. The maximum Gasteiger partial charge on any atom is 0.321 e. The number of nitrogens with one attached hydrogen (secondary N) is 1. The van der Waals surface area contributed by atoms with E-state index in [1.54, 1.807) is 24.3 Å². The molecule has 0 bridgehead atoms. The molecule has 0 aliphatic carbocycles. The number of carboxylic acid groups (broad SMARTS) is 1. The van der Waals surface area contributed by atoms with E-state index in [0.29, 0.717) is 17.5 Å². The van der Waals surface area contributed by atoms with Gasteiger partial charge in [0.15, 0.2) is 0 Å². The SMILES string of the molecule is CC(C)(C)CC1NC(C(=O)O)C(c2cccc(F)c2)C1c1ccc(Cl)cc1F. The van der Waals surface area contributed by atoms with Gasteiger partial charge in [-0.05, 0) is 47.2 Å². The zero-order valence-electron chi connectivity index (χ0n) is 16.0. The Morgan fingerprint density at radius 1 is 1.14 bits per heavy atom. The molecule has 3 rings (SSSR count). The van der Waals surface area contributed by atoms with Crippen LogP contribution in [0, 0.1) is 17.0 Å². The molecule has 2 N–H and O–H groups in total. The molecule has 4 unspecified atom stereocenters. The van der Waals surface area contributed by atoms with Crippen LogP contribution in [0.25, 0.3) is 0 Å². The molecule has 2 aromatic carbocycles. The summed E-state index contributed by atoms with van der Waals surface area (Å²) in [5.41, 5.74) is 0.818. The van der Waals surface area contributed by atoms with Gasteiger partial charge in [-0.15, -0.1) is 0 Å². The average molecular weight is 408 g/mol. The molecule has 4 atom stereocenters. The summed E-state index contributed by atoms with van der Waals surface area (Å²) >= 11 is 5.92. The van der Waals surface area contributed by atoms with Crippen LogP contribution >= 0.6 is 11.6 Å². The zero-order valence-corrected chi connectivity index (χ0v) is 16.8. The highest BCUT2D eigenvalue weighted by molar-refractivity contribution is 6.30. The number of aliphatic carboxylic acids is 1. The summed E-state index contributed by atoms with van der Waals surface area (Å²) in [6, 6.07) is 9.11. The van der Waals surface area contributed by atoms with Crippen molar-refractivity contribution in [1.29, 1.82) is 0 Å². The van der Waals surface area contributed by atoms with E-state index < -0.39 is 35.5 Å². The predicted octanol–water partition coefficient (Wildman–Crippen LogP) is 5.35. The van der Waals surface area contributed by atoms with Gasteiger partial charge in [0.1, 0.15) is 17.7 Å². The lowest BCUT2D eigenvalue weighted by atomic mass is 9.74. The van der Waals surface area contributed by atoms with Crippen LogP contribution in [0.3, 0.4) is 0 Å². The van der Waals surface area contributed by atoms with Crippen molar-refractivity contribution < 1.29 is 18.7 Å². The maximum absolute atomic E-state index is 14.9. The number of rotatable bonds is 4. The summed E-state index contributed by atoms with van der Waals surface area (Å²) < 4.78 is 28.8. The van der Waals surface area contributed by atoms with Crippen LogP contribution in [0.4, 0.5) is 8.78 Å². The van der Waals surface area contributed by atoms with Crippen LogP contribution in [0.5, 0.6) is 0 Å². The fraction of sp³-hybridized carbons (Fsp3) is 0.409. The van der Waals surface area contributed by atoms with Crippen LogP contribution < -0.4 is 5.32 Å². The number of hydrogen-bond acceptors (Lipinski definition) is 2. The quantitative estimate of drug-likeness (QED) is 0.718. The Morgan fingerprint density at radius 3 is 2.43 bits per heavy atom. The van der Waals surface area contributed by atoms with Gasteiger partial charge in [-0.3, -0.25) is 4.79 Å². The molecule has 1 heterocycles. The van der Waals surface area contributed by atoms with Crippen molar-refractivity contribution >= 4 is 17.6 Å². The van der Waals surface area contributed by atoms with Crippen LogP contribution in [0.1, 0.15) is 50.2 Å². The highest BCUT2D eigenvalue weighted by Crippen LogP contribution is 2.47. The fourth-order valence-corrected chi connectivity index (χ4v) is 4.42. The summed E-state index contributed by atoms with van der Waals surface area (Å²) in [7, 11) is 0. The third-order valence-corrected chi connectivity index (χ3v) is 5.46. The summed E-state index contributed by atoms with van der Waals surface area (Å²) in [5.74, 6) is -3.05. The summed E-state index contributed by atoms with van der Waals surface area (Å²) in [4.78, 5) is 12.0. The van der Waals surface area contributed by atoms with E-state index in [1.165, 1.54) is 18.2 Å². The van der Waals surface area contributed by atoms with Gasteiger partial charge < -0.3 is 10.4 Å². The second-order valence-corrected chi connectivity index (χ2v) is 9.06. The van der Waals surface area contributed by atoms with E-state index in [1.807, 2.05) is 0 Å². The van der Waals surface area contributed by atoms with Crippen LogP contribution in [0.2, 0.25) is 5.02 Å². The van der Waals surface area contributed by atoms with Crippen molar-refractivity contribution in [1.82, 2.24) is 5.32 Å². The van der Waals surface area contributed by atoms with E-state index in [0.717, 1.165) is 0 Å². The molecule has 28 heavy (non-hydrogen) atoms. The van der Waals surface area contributed by atoms with Crippen molar-refractivity contribution in [2.45, 2.75) is 51.1 Å². The lowest BCUT2D eigenvalue weighted by molar-refractivity contribution is -0.139. The fourth-order valence-electron chi connectivity index (χ4n) is 4.26. The van der Waals surface area contributed by atoms with Gasteiger partial charge in [-0.2, -0.15) is 0 Å². The van der Waals surface area contributed by atoms with Crippen molar-refractivity contribution in [2.24, 2.45) is 5.41 Å². The molecule has 3 nitrogen and oxygen atoms in total. The Labute approximate surface area is 168 Å². The van der Waals surface area contributed by atoms with Crippen molar-refractivity contribution in [2.75, 3.05) is 0 Å². The Balaban J connectivity index is 2.16. The first kappa shape index (κ1) is 20.7. The third-order valence-electron chi connectivity index (χ3n) is 5.23. The molecule has 0 spiro atoms. The molecule has 0 amide bonds. The highest BCUT2D eigenvalue weighted by atomic mass is 35.5. The first-order chi connectivity index (χ1) is 13.1. The first-order valence-corrected chi connectivity index (χ1v) is 9.64. The largest absolute Gasteiger partial charge is 0.480 e. The molecule has 0 radical (unpaired) electrons. The molecule has 2 aromatic rings. The molecular formula is C22H24ClF2NO2. The van der Waals surface area contributed by atoms with E-state index in [4.69, 9.17) is 11.6 Å². The first-order valence-electron chi connectivity index (χ1n) is 9.26. The van der Waals surface area contributed by atoms with Crippen LogP contribution in [0.15, 0.2) is 42.5 Å². The van der Waals surface area contributed by atoms with E-state index >= 15 is 0 Å². The predicted molar refractivity (Wildman–Crippen MR) is 106 cm³/mol. The molecule has 0 saturated carbocycles. The molecule has 1 aliphatic rings. The van der Waals surface area contributed by atoms with E-state index in [2.05, 4.69) is 26.1 Å². The van der Waals surface area contributed by atoms with Gasteiger partial charge in [0, 0.05) is 22.9 Å².